The lowest BCUT2D eigenvalue weighted by atomic mass is 10.0. The van der Waals surface area contributed by atoms with Crippen molar-refractivity contribution in [3.05, 3.63) is 107 Å². The molecule has 0 saturated carbocycles. The molecule has 34 heavy (non-hydrogen) atoms. The van der Waals surface area contributed by atoms with Crippen molar-refractivity contribution in [3.63, 3.8) is 0 Å². The van der Waals surface area contributed by atoms with E-state index in [2.05, 4.69) is 5.32 Å². The summed E-state index contributed by atoms with van der Waals surface area (Å²) < 4.78 is 28.5. The smallest absolute Gasteiger partial charge is 0.265 e. The first-order chi connectivity index (χ1) is 16.4. The molecule has 0 bridgehead atoms. The van der Waals surface area contributed by atoms with Gasteiger partial charge in [-0.15, -0.1) is 0 Å². The summed E-state index contributed by atoms with van der Waals surface area (Å²) in [4.78, 5) is 27.0. The number of hydrogen-bond acceptors (Lipinski definition) is 4. The maximum absolute atomic E-state index is 13.8. The minimum atomic E-state index is -4.00. The summed E-state index contributed by atoms with van der Waals surface area (Å²) in [5, 5.41) is 2.86. The molecule has 3 aromatic rings. The molecular weight excluding hydrogens is 448 g/mol. The van der Waals surface area contributed by atoms with Gasteiger partial charge in [0.15, 0.2) is 0 Å². The summed E-state index contributed by atoms with van der Waals surface area (Å²) in [6.07, 6.45) is 2.29. The van der Waals surface area contributed by atoms with Crippen LogP contribution in [0.5, 0.6) is 0 Å². The molecule has 174 valence electrons. The van der Waals surface area contributed by atoms with Crippen LogP contribution in [0.15, 0.2) is 95.5 Å². The second kappa shape index (κ2) is 10.1. The number of carbonyl (C=O) groups is 2. The molecule has 0 fully saturated rings. The van der Waals surface area contributed by atoms with E-state index in [9.17, 15) is 18.0 Å². The van der Waals surface area contributed by atoms with Crippen LogP contribution in [0, 0.1) is 0 Å². The Bertz CT molecular complexity index is 1330. The molecule has 0 aliphatic carbocycles. The lowest BCUT2D eigenvalue weighted by Crippen LogP contribution is -2.41. The maximum atomic E-state index is 13.8. The number of nitrogens with zero attached hydrogens (tertiary/aromatic N) is 1. The van der Waals surface area contributed by atoms with Crippen LogP contribution in [0.25, 0.3) is 5.70 Å². The van der Waals surface area contributed by atoms with Gasteiger partial charge in [-0.2, -0.15) is 0 Å². The molecule has 7 heteroatoms. The van der Waals surface area contributed by atoms with Crippen molar-refractivity contribution >= 4 is 27.4 Å². The van der Waals surface area contributed by atoms with Gasteiger partial charge >= 0.3 is 0 Å². The number of allylic oxidation sites excluding steroid dienone is 1. The van der Waals surface area contributed by atoms with Crippen molar-refractivity contribution < 1.29 is 18.0 Å². The lowest BCUT2D eigenvalue weighted by molar-refractivity contribution is 0.0972. The van der Waals surface area contributed by atoms with E-state index in [-0.39, 0.29) is 22.8 Å². The van der Waals surface area contributed by atoms with Crippen molar-refractivity contribution in [2.75, 3.05) is 6.54 Å². The second-order valence-corrected chi connectivity index (χ2v) is 9.85. The van der Waals surface area contributed by atoms with Crippen molar-refractivity contribution in [1.29, 1.82) is 0 Å². The number of amides is 1. The molecule has 1 aliphatic heterocycles. The second-order valence-electron chi connectivity index (χ2n) is 8.02. The Kier molecular flexibility index (Phi) is 6.93. The molecule has 0 atom stereocenters. The molecule has 0 unspecified atom stereocenters. The summed E-state index contributed by atoms with van der Waals surface area (Å²) in [6, 6.07) is 23.6. The Hall–Kier alpha value is -3.71. The first-order valence-corrected chi connectivity index (χ1v) is 12.7. The minimum Gasteiger partial charge on any atom is -0.319 e. The number of rotatable bonds is 8. The standard InChI is InChI=1S/C27H26N2O4S/c1-2-3-12-19-29-25(26(30)20-13-6-4-7-14-20)24(28-27(31)21-15-8-5-9-16-21)22-17-10-11-18-23(22)34(29,32)33/h4-11,13-18H,2-3,12,19H2,1H3,(H,28,31). The summed E-state index contributed by atoms with van der Waals surface area (Å²) in [5.74, 6) is -0.880. The van der Waals surface area contributed by atoms with E-state index in [0.717, 1.165) is 12.8 Å². The third kappa shape index (κ3) is 4.52. The molecule has 3 aromatic carbocycles. The van der Waals surface area contributed by atoms with Gasteiger partial charge in [0, 0.05) is 23.2 Å². The number of nitrogens with one attached hydrogen (secondary N) is 1. The van der Waals surface area contributed by atoms with Crippen LogP contribution in [-0.2, 0) is 10.0 Å². The molecule has 4 rings (SSSR count). The van der Waals surface area contributed by atoms with Gasteiger partial charge in [0.05, 0.1) is 10.6 Å². The average Bonchev–Trinajstić information content (AvgIpc) is 2.87. The van der Waals surface area contributed by atoms with Crippen LogP contribution in [0.1, 0.15) is 52.5 Å². The summed E-state index contributed by atoms with van der Waals surface area (Å²) in [7, 11) is -4.00. The number of fused-ring (bicyclic) bond motifs is 1. The number of benzene rings is 3. The maximum Gasteiger partial charge on any atom is 0.265 e. The number of sulfonamides is 1. The molecule has 1 aliphatic rings. The number of hydrogen-bond donors (Lipinski definition) is 1. The fourth-order valence-corrected chi connectivity index (χ4v) is 5.70. The van der Waals surface area contributed by atoms with E-state index in [1.165, 1.54) is 10.4 Å². The highest BCUT2D eigenvalue weighted by Gasteiger charge is 2.40. The first-order valence-electron chi connectivity index (χ1n) is 11.3. The molecule has 0 radical (unpaired) electrons. The number of Topliss-reactive ketones (excluding diaryl/α,β-unsaturated/α-hetero) is 1. The Morgan fingerprint density at radius 1 is 0.794 bits per heavy atom. The van der Waals surface area contributed by atoms with Crippen LogP contribution in [0.4, 0.5) is 0 Å². The van der Waals surface area contributed by atoms with Crippen LogP contribution in [0.3, 0.4) is 0 Å². The molecule has 1 N–H and O–H groups in total. The average molecular weight is 475 g/mol. The normalized spacial score (nSPS) is 14.4. The predicted octanol–water partition coefficient (Wildman–Crippen LogP) is 4.86. The highest BCUT2D eigenvalue weighted by atomic mass is 32.2. The van der Waals surface area contributed by atoms with Crippen LogP contribution < -0.4 is 5.32 Å². The third-order valence-corrected chi connectivity index (χ3v) is 7.56. The molecule has 6 nitrogen and oxygen atoms in total. The Labute approximate surface area is 200 Å². The monoisotopic (exact) mass is 474 g/mol. The summed E-state index contributed by atoms with van der Waals surface area (Å²) >= 11 is 0. The molecule has 0 aromatic heterocycles. The molecular formula is C27H26N2O4S. The molecule has 1 amide bonds. The van der Waals surface area contributed by atoms with Gasteiger partial charge in [0.25, 0.3) is 15.9 Å². The van der Waals surface area contributed by atoms with Gasteiger partial charge in [0.2, 0.25) is 5.78 Å². The number of ketones is 1. The lowest BCUT2D eigenvalue weighted by Gasteiger charge is -2.33. The van der Waals surface area contributed by atoms with E-state index in [1.807, 2.05) is 6.92 Å². The Morgan fingerprint density at radius 3 is 2.03 bits per heavy atom. The van der Waals surface area contributed by atoms with Gasteiger partial charge in [0.1, 0.15) is 5.70 Å². The molecule has 1 heterocycles. The Morgan fingerprint density at radius 2 is 1.38 bits per heavy atom. The summed E-state index contributed by atoms with van der Waals surface area (Å²) in [6.45, 7) is 2.17. The van der Waals surface area contributed by atoms with E-state index in [1.54, 1.807) is 78.9 Å². The zero-order chi connectivity index (χ0) is 24.1. The van der Waals surface area contributed by atoms with Gasteiger partial charge in [-0.1, -0.05) is 86.5 Å². The predicted molar refractivity (Wildman–Crippen MR) is 131 cm³/mol. The van der Waals surface area contributed by atoms with Crippen molar-refractivity contribution in [2.24, 2.45) is 0 Å². The van der Waals surface area contributed by atoms with E-state index >= 15 is 0 Å². The van der Waals surface area contributed by atoms with E-state index in [4.69, 9.17) is 0 Å². The highest BCUT2D eigenvalue weighted by molar-refractivity contribution is 7.89. The molecule has 0 spiro atoms. The summed E-state index contributed by atoms with van der Waals surface area (Å²) in [5.41, 5.74) is 1.22. The SMILES string of the molecule is CCCCCN1C(C(=O)c2ccccc2)=C(NC(=O)c2ccccc2)c2ccccc2S1(=O)=O. The van der Waals surface area contributed by atoms with E-state index < -0.39 is 21.7 Å². The molecule has 0 saturated heterocycles. The van der Waals surface area contributed by atoms with Crippen LogP contribution >= 0.6 is 0 Å². The van der Waals surface area contributed by atoms with Crippen molar-refractivity contribution in [2.45, 2.75) is 31.1 Å². The number of carbonyl (C=O) groups excluding carboxylic acids is 2. The van der Waals surface area contributed by atoms with Crippen LogP contribution in [0.2, 0.25) is 0 Å². The van der Waals surface area contributed by atoms with Crippen molar-refractivity contribution in [1.82, 2.24) is 9.62 Å². The fraction of sp³-hybridized carbons (Fsp3) is 0.185. The van der Waals surface area contributed by atoms with Gasteiger partial charge in [-0.05, 0) is 24.6 Å². The minimum absolute atomic E-state index is 0.0368. The topological polar surface area (TPSA) is 83.6 Å². The van der Waals surface area contributed by atoms with Gasteiger partial charge in [-0.25, -0.2) is 8.42 Å². The Balaban J connectivity index is 1.93. The van der Waals surface area contributed by atoms with Gasteiger partial charge < -0.3 is 5.32 Å². The highest BCUT2D eigenvalue weighted by Crippen LogP contribution is 2.37. The van der Waals surface area contributed by atoms with Crippen molar-refractivity contribution in [3.8, 4) is 0 Å². The van der Waals surface area contributed by atoms with Gasteiger partial charge in [-0.3, -0.25) is 13.9 Å². The fourth-order valence-electron chi connectivity index (χ4n) is 3.98. The van der Waals surface area contributed by atoms with Crippen LogP contribution in [-0.4, -0.2) is 31.0 Å². The zero-order valence-corrected chi connectivity index (χ0v) is 19.7. The zero-order valence-electron chi connectivity index (χ0n) is 18.9. The number of unbranched alkanes of at least 4 members (excludes halogenated alkanes) is 2. The first kappa shape index (κ1) is 23.4. The quantitative estimate of drug-likeness (QED) is 0.373. The third-order valence-electron chi connectivity index (χ3n) is 5.70. The largest absolute Gasteiger partial charge is 0.319 e. The van der Waals surface area contributed by atoms with E-state index in [0.29, 0.717) is 23.1 Å².